The molecule has 2 aromatic rings. The summed E-state index contributed by atoms with van der Waals surface area (Å²) in [4.78, 5) is 21.7. The van der Waals surface area contributed by atoms with E-state index >= 15 is 0 Å². The zero-order valence-corrected chi connectivity index (χ0v) is 13.7. The van der Waals surface area contributed by atoms with Crippen LogP contribution in [0.2, 0.25) is 0 Å². The summed E-state index contributed by atoms with van der Waals surface area (Å²) in [6.45, 7) is 5.40. The summed E-state index contributed by atoms with van der Waals surface area (Å²) in [5.74, 6) is 2.02. The first-order valence-electron chi connectivity index (χ1n) is 7.79. The maximum Gasteiger partial charge on any atom is 0.314 e. The van der Waals surface area contributed by atoms with Crippen molar-refractivity contribution in [3.63, 3.8) is 0 Å². The number of imidazole rings is 1. The van der Waals surface area contributed by atoms with Crippen LogP contribution in [-0.4, -0.2) is 33.1 Å². The van der Waals surface area contributed by atoms with Gasteiger partial charge in [-0.05, 0) is 32.3 Å². The molecule has 3 heterocycles. The van der Waals surface area contributed by atoms with Crippen LogP contribution < -0.4 is 4.90 Å². The van der Waals surface area contributed by atoms with Crippen molar-refractivity contribution in [2.24, 2.45) is 5.92 Å². The molecule has 1 aliphatic rings. The van der Waals surface area contributed by atoms with Gasteiger partial charge in [-0.3, -0.25) is 10.1 Å². The Morgan fingerprint density at radius 3 is 3.00 bits per heavy atom. The van der Waals surface area contributed by atoms with Gasteiger partial charge in [0.05, 0.1) is 10.6 Å². The lowest BCUT2D eigenvalue weighted by atomic mass is 9.99. The lowest BCUT2D eigenvalue weighted by molar-refractivity contribution is -0.384. The zero-order valence-electron chi connectivity index (χ0n) is 13.7. The topological polar surface area (TPSA) is 77.1 Å². The average molecular weight is 315 g/mol. The van der Waals surface area contributed by atoms with Crippen LogP contribution in [0.15, 0.2) is 18.5 Å². The monoisotopic (exact) mass is 315 g/mol. The van der Waals surface area contributed by atoms with Gasteiger partial charge in [-0.15, -0.1) is 0 Å². The maximum absolute atomic E-state index is 11.3. The van der Waals surface area contributed by atoms with E-state index in [2.05, 4.69) is 20.7 Å². The molecule has 0 fully saturated rings. The molecule has 0 aliphatic carbocycles. The van der Waals surface area contributed by atoms with Crippen molar-refractivity contribution in [2.75, 3.05) is 18.5 Å². The zero-order chi connectivity index (χ0) is 16.6. The minimum Gasteiger partial charge on any atom is -0.354 e. The molecule has 0 bridgehead atoms. The summed E-state index contributed by atoms with van der Waals surface area (Å²) in [5, 5.41) is 11.3. The quantitative estimate of drug-likeness (QED) is 0.640. The first-order valence-corrected chi connectivity index (χ1v) is 7.79. The van der Waals surface area contributed by atoms with Crippen molar-refractivity contribution in [1.29, 1.82) is 0 Å². The largest absolute Gasteiger partial charge is 0.354 e. The van der Waals surface area contributed by atoms with E-state index in [0.29, 0.717) is 17.3 Å². The second kappa shape index (κ2) is 5.98. The molecule has 0 spiro atoms. The number of rotatable bonds is 4. The summed E-state index contributed by atoms with van der Waals surface area (Å²) in [7, 11) is 1.88. The molecule has 0 saturated heterocycles. The molecular weight excluding hydrogens is 294 g/mol. The Kier molecular flexibility index (Phi) is 4.02. The first-order chi connectivity index (χ1) is 11.0. The summed E-state index contributed by atoms with van der Waals surface area (Å²) in [6.07, 6.45) is 5.71. The summed E-state index contributed by atoms with van der Waals surface area (Å²) in [6, 6.07) is 1.68. The van der Waals surface area contributed by atoms with Gasteiger partial charge in [0.1, 0.15) is 5.82 Å². The molecule has 7 heteroatoms. The number of anilines is 1. The van der Waals surface area contributed by atoms with Crippen molar-refractivity contribution < 1.29 is 4.92 Å². The van der Waals surface area contributed by atoms with Crippen molar-refractivity contribution in [1.82, 2.24) is 14.5 Å². The Labute approximate surface area is 135 Å². The number of aromatic nitrogens is 3. The van der Waals surface area contributed by atoms with Gasteiger partial charge in [-0.2, -0.15) is 0 Å². The van der Waals surface area contributed by atoms with Gasteiger partial charge >= 0.3 is 5.69 Å². The lowest BCUT2D eigenvalue weighted by Crippen LogP contribution is -2.32. The molecule has 2 aromatic heterocycles. The lowest BCUT2D eigenvalue weighted by Gasteiger charge is -2.28. The number of pyridine rings is 1. The number of aryl methyl sites for hydroxylation is 3. The Balaban J connectivity index is 1.77. The molecule has 1 unspecified atom stereocenters. The number of hydrogen-bond donors (Lipinski definition) is 0. The first kappa shape index (κ1) is 15.5. The molecular formula is C16H21N5O2. The highest BCUT2D eigenvalue weighted by atomic mass is 16.6. The molecule has 0 radical (unpaired) electrons. The number of fused-ring (bicyclic) bond motifs is 1. The normalized spacial score (nSPS) is 16.9. The van der Waals surface area contributed by atoms with Gasteiger partial charge < -0.3 is 9.47 Å². The molecule has 0 N–H and O–H groups in total. The molecule has 1 atom stereocenters. The summed E-state index contributed by atoms with van der Waals surface area (Å²) in [5.41, 5.74) is 1.79. The predicted molar refractivity (Wildman–Crippen MR) is 87.7 cm³/mol. The second-order valence-electron chi connectivity index (χ2n) is 6.29. The summed E-state index contributed by atoms with van der Waals surface area (Å²) < 4.78 is 2.20. The molecule has 0 saturated carbocycles. The fourth-order valence-corrected chi connectivity index (χ4v) is 3.32. The number of nitrogens with zero attached hydrogens (tertiary/aromatic N) is 5. The van der Waals surface area contributed by atoms with E-state index in [1.807, 2.05) is 18.9 Å². The molecule has 3 rings (SSSR count). The van der Waals surface area contributed by atoms with E-state index in [-0.39, 0.29) is 10.6 Å². The van der Waals surface area contributed by atoms with Crippen LogP contribution in [-0.2, 0) is 13.0 Å². The minimum atomic E-state index is -0.341. The fourth-order valence-electron chi connectivity index (χ4n) is 3.32. The smallest absolute Gasteiger partial charge is 0.314 e. The van der Waals surface area contributed by atoms with E-state index < -0.39 is 0 Å². The van der Waals surface area contributed by atoms with Crippen LogP contribution in [0.25, 0.3) is 0 Å². The second-order valence-corrected chi connectivity index (χ2v) is 6.29. The Morgan fingerprint density at radius 2 is 2.26 bits per heavy atom. The van der Waals surface area contributed by atoms with Crippen LogP contribution in [0.4, 0.5) is 11.5 Å². The highest BCUT2D eigenvalue weighted by Gasteiger charge is 2.25. The van der Waals surface area contributed by atoms with Gasteiger partial charge in [0.25, 0.3) is 0 Å². The van der Waals surface area contributed by atoms with Crippen molar-refractivity contribution in [3.8, 4) is 0 Å². The highest BCUT2D eigenvalue weighted by Crippen LogP contribution is 2.30. The van der Waals surface area contributed by atoms with E-state index in [0.717, 1.165) is 37.4 Å². The molecule has 23 heavy (non-hydrogen) atoms. The Hall–Kier alpha value is -2.44. The Bertz CT molecular complexity index is 740. The molecule has 0 aromatic carbocycles. The van der Waals surface area contributed by atoms with Gasteiger partial charge in [0, 0.05) is 44.5 Å². The van der Waals surface area contributed by atoms with Crippen molar-refractivity contribution >= 4 is 11.5 Å². The molecule has 1 aliphatic heterocycles. The van der Waals surface area contributed by atoms with Gasteiger partial charge in [-0.25, -0.2) is 9.97 Å². The Morgan fingerprint density at radius 1 is 1.48 bits per heavy atom. The third-order valence-electron chi connectivity index (χ3n) is 4.39. The van der Waals surface area contributed by atoms with Crippen molar-refractivity contribution in [2.45, 2.75) is 33.2 Å². The van der Waals surface area contributed by atoms with Crippen LogP contribution in [0.1, 0.15) is 23.5 Å². The third-order valence-corrected chi connectivity index (χ3v) is 4.39. The van der Waals surface area contributed by atoms with E-state index in [1.165, 1.54) is 0 Å². The molecule has 0 amide bonds. The fraction of sp³-hybridized carbons (Fsp3) is 0.500. The van der Waals surface area contributed by atoms with Crippen molar-refractivity contribution in [3.05, 3.63) is 45.7 Å². The number of nitro groups is 1. The van der Waals surface area contributed by atoms with Gasteiger partial charge in [0.2, 0.25) is 5.82 Å². The standard InChI is InChI=1S/C16H21N5O2/c1-11-6-7-17-16(15(11)21(22)23)19(3)9-13-4-5-14-18-12(2)8-20(14)10-13/h6-8,13H,4-5,9-10H2,1-3H3. The molecule has 7 nitrogen and oxygen atoms in total. The number of hydrogen-bond acceptors (Lipinski definition) is 5. The van der Waals surface area contributed by atoms with E-state index in [1.54, 1.807) is 19.2 Å². The van der Waals surface area contributed by atoms with E-state index in [4.69, 9.17) is 0 Å². The van der Waals surface area contributed by atoms with E-state index in [9.17, 15) is 10.1 Å². The van der Waals surface area contributed by atoms with Crippen LogP contribution in [0.3, 0.4) is 0 Å². The summed E-state index contributed by atoms with van der Waals surface area (Å²) >= 11 is 0. The SMILES string of the molecule is Cc1cn2c(n1)CCC(CN(C)c1nccc(C)c1[N+](=O)[O-])C2. The molecule has 122 valence electrons. The average Bonchev–Trinajstić information content (AvgIpc) is 2.85. The minimum absolute atomic E-state index is 0.102. The van der Waals surface area contributed by atoms with Crippen LogP contribution >= 0.6 is 0 Å². The van der Waals surface area contributed by atoms with Crippen LogP contribution in [0.5, 0.6) is 0 Å². The predicted octanol–water partition coefficient (Wildman–Crippen LogP) is 2.50. The van der Waals surface area contributed by atoms with Gasteiger partial charge in [0.15, 0.2) is 0 Å². The van der Waals surface area contributed by atoms with Gasteiger partial charge in [-0.1, -0.05) is 0 Å². The maximum atomic E-state index is 11.3. The highest BCUT2D eigenvalue weighted by molar-refractivity contribution is 5.61. The van der Waals surface area contributed by atoms with Crippen LogP contribution in [0, 0.1) is 29.9 Å². The third kappa shape index (κ3) is 3.04.